The van der Waals surface area contributed by atoms with E-state index >= 15 is 0 Å². The van der Waals surface area contributed by atoms with Crippen LogP contribution < -0.4 is 4.74 Å². The first-order valence-electron chi connectivity index (χ1n) is 6.50. The molecule has 0 saturated carbocycles. The van der Waals surface area contributed by atoms with E-state index in [1.54, 1.807) is 0 Å². The van der Waals surface area contributed by atoms with Crippen molar-refractivity contribution < 1.29 is 13.5 Å². The van der Waals surface area contributed by atoms with Gasteiger partial charge in [-0.3, -0.25) is 0 Å². The smallest absolute Gasteiger partial charge is 0.159 e. The predicted molar refractivity (Wildman–Crippen MR) is 74.3 cm³/mol. The Morgan fingerprint density at radius 2 is 1.75 bits per heavy atom. The van der Waals surface area contributed by atoms with Gasteiger partial charge in [-0.2, -0.15) is 0 Å². The summed E-state index contributed by atoms with van der Waals surface area (Å²) >= 11 is 6.37. The van der Waals surface area contributed by atoms with E-state index in [2.05, 4.69) is 0 Å². The second-order valence-corrected chi connectivity index (χ2v) is 5.29. The minimum Gasteiger partial charge on any atom is -0.493 e. The van der Waals surface area contributed by atoms with Gasteiger partial charge in [0.1, 0.15) is 5.75 Å². The molecule has 1 nitrogen and oxygen atoms in total. The summed E-state index contributed by atoms with van der Waals surface area (Å²) in [5, 5.41) is -0.502. The van der Waals surface area contributed by atoms with E-state index in [0.717, 1.165) is 48.5 Å². The topological polar surface area (TPSA) is 9.23 Å². The third-order valence-electron chi connectivity index (χ3n) is 3.46. The number of rotatable bonds is 2. The van der Waals surface area contributed by atoms with Gasteiger partial charge in [-0.1, -0.05) is 18.2 Å². The molecule has 0 aromatic heterocycles. The van der Waals surface area contributed by atoms with Gasteiger partial charge in [-0.05, 0) is 47.7 Å². The van der Waals surface area contributed by atoms with Gasteiger partial charge in [0.2, 0.25) is 0 Å². The van der Waals surface area contributed by atoms with Crippen molar-refractivity contribution in [2.75, 3.05) is 6.61 Å². The number of fused-ring (bicyclic) bond motifs is 1. The van der Waals surface area contributed by atoms with Gasteiger partial charge < -0.3 is 4.74 Å². The summed E-state index contributed by atoms with van der Waals surface area (Å²) < 4.78 is 31.8. The lowest BCUT2D eigenvalue weighted by molar-refractivity contribution is 0.288. The Morgan fingerprint density at radius 1 is 1.00 bits per heavy atom. The van der Waals surface area contributed by atoms with Crippen molar-refractivity contribution in [1.29, 1.82) is 0 Å². The monoisotopic (exact) mass is 294 g/mol. The normalized spacial score (nSPS) is 15.3. The molecule has 0 N–H and O–H groups in total. The van der Waals surface area contributed by atoms with Crippen LogP contribution in [0.3, 0.4) is 0 Å². The van der Waals surface area contributed by atoms with Crippen LogP contribution in [-0.4, -0.2) is 6.61 Å². The predicted octanol–water partition coefficient (Wildman–Crippen LogP) is 4.62. The molecule has 0 bridgehead atoms. The third-order valence-corrected chi connectivity index (χ3v) is 3.97. The molecule has 1 heterocycles. The third kappa shape index (κ3) is 2.50. The van der Waals surface area contributed by atoms with E-state index in [1.165, 1.54) is 6.07 Å². The molecule has 1 aliphatic rings. The molecule has 3 rings (SSSR count). The molecule has 1 aliphatic heterocycles. The highest BCUT2D eigenvalue weighted by atomic mass is 35.5. The lowest BCUT2D eigenvalue weighted by Crippen LogP contribution is -2.09. The summed E-state index contributed by atoms with van der Waals surface area (Å²) in [6.07, 6.45) is 1.93. The average molecular weight is 295 g/mol. The van der Waals surface area contributed by atoms with E-state index in [4.69, 9.17) is 16.3 Å². The fourth-order valence-electron chi connectivity index (χ4n) is 2.40. The Balaban J connectivity index is 1.93. The van der Waals surface area contributed by atoms with E-state index in [1.807, 2.05) is 18.2 Å². The van der Waals surface area contributed by atoms with Crippen LogP contribution >= 0.6 is 11.6 Å². The number of alkyl halides is 1. The largest absolute Gasteiger partial charge is 0.493 e. The Labute approximate surface area is 121 Å². The lowest BCUT2D eigenvalue weighted by Gasteiger charge is -2.19. The van der Waals surface area contributed by atoms with Crippen molar-refractivity contribution in [1.82, 2.24) is 0 Å². The quantitative estimate of drug-likeness (QED) is 0.735. The molecule has 104 valence electrons. The number of hydrogen-bond acceptors (Lipinski definition) is 1. The molecule has 0 aliphatic carbocycles. The summed E-state index contributed by atoms with van der Waals surface area (Å²) in [5.74, 6) is -0.861. The van der Waals surface area contributed by atoms with Crippen molar-refractivity contribution in [3.05, 3.63) is 64.7 Å². The molecule has 1 atom stereocenters. The van der Waals surface area contributed by atoms with Crippen LogP contribution in [0.1, 0.15) is 28.5 Å². The standard InChI is InChI=1S/C16H13ClF2O/c17-16(12-3-5-13(18)14(19)9-12)11-4-6-15-10(8-11)2-1-7-20-15/h3-6,8-9,16H,1-2,7H2. The van der Waals surface area contributed by atoms with Gasteiger partial charge in [-0.25, -0.2) is 8.78 Å². The van der Waals surface area contributed by atoms with Gasteiger partial charge >= 0.3 is 0 Å². The maximum absolute atomic E-state index is 13.3. The van der Waals surface area contributed by atoms with Crippen molar-refractivity contribution in [3.63, 3.8) is 0 Å². The molecule has 0 radical (unpaired) electrons. The number of benzene rings is 2. The molecule has 2 aromatic rings. The van der Waals surface area contributed by atoms with Crippen LogP contribution in [0.2, 0.25) is 0 Å². The van der Waals surface area contributed by atoms with Crippen molar-refractivity contribution >= 4 is 11.6 Å². The molecule has 4 heteroatoms. The summed E-state index contributed by atoms with van der Waals surface area (Å²) in [4.78, 5) is 0. The fraction of sp³-hybridized carbons (Fsp3) is 0.250. The molecule has 1 unspecified atom stereocenters. The molecular formula is C16H13ClF2O. The summed E-state index contributed by atoms with van der Waals surface area (Å²) in [7, 11) is 0. The Hall–Kier alpha value is -1.61. The Kier molecular flexibility index (Phi) is 3.62. The van der Waals surface area contributed by atoms with Crippen LogP contribution in [0.15, 0.2) is 36.4 Å². The SMILES string of the molecule is Fc1ccc(C(Cl)c2ccc3c(c2)CCCO3)cc1F. The zero-order valence-corrected chi connectivity index (χ0v) is 11.5. The molecule has 0 fully saturated rings. The molecule has 0 amide bonds. The van der Waals surface area contributed by atoms with Crippen molar-refractivity contribution in [3.8, 4) is 5.75 Å². The maximum atomic E-state index is 13.3. The van der Waals surface area contributed by atoms with Crippen molar-refractivity contribution in [2.24, 2.45) is 0 Å². The zero-order valence-electron chi connectivity index (χ0n) is 10.7. The summed E-state index contributed by atoms with van der Waals surface area (Å²) in [6, 6.07) is 9.48. The average Bonchev–Trinajstić information content (AvgIpc) is 2.49. The second-order valence-electron chi connectivity index (χ2n) is 4.86. The molecule has 0 spiro atoms. The van der Waals surface area contributed by atoms with Crippen LogP contribution in [0.4, 0.5) is 8.78 Å². The summed E-state index contributed by atoms with van der Waals surface area (Å²) in [5.41, 5.74) is 2.52. The van der Waals surface area contributed by atoms with E-state index in [0.29, 0.717) is 5.56 Å². The highest BCUT2D eigenvalue weighted by molar-refractivity contribution is 6.22. The fourth-order valence-corrected chi connectivity index (χ4v) is 2.67. The van der Waals surface area contributed by atoms with Gasteiger partial charge in [0.15, 0.2) is 11.6 Å². The van der Waals surface area contributed by atoms with E-state index in [-0.39, 0.29) is 0 Å². The molecule has 2 aromatic carbocycles. The summed E-state index contributed by atoms with van der Waals surface area (Å²) in [6.45, 7) is 0.736. The second kappa shape index (κ2) is 5.41. The first kappa shape index (κ1) is 13.4. The van der Waals surface area contributed by atoms with Gasteiger partial charge in [0.25, 0.3) is 0 Å². The maximum Gasteiger partial charge on any atom is 0.159 e. The van der Waals surface area contributed by atoms with Crippen molar-refractivity contribution in [2.45, 2.75) is 18.2 Å². The van der Waals surface area contributed by atoms with Crippen LogP contribution in [0.5, 0.6) is 5.75 Å². The molecule has 0 saturated heterocycles. The van der Waals surface area contributed by atoms with Crippen LogP contribution in [-0.2, 0) is 6.42 Å². The van der Waals surface area contributed by atoms with Gasteiger partial charge in [0.05, 0.1) is 12.0 Å². The minimum absolute atomic E-state index is 0.502. The number of hydrogen-bond donors (Lipinski definition) is 0. The van der Waals surface area contributed by atoms with E-state index in [9.17, 15) is 8.78 Å². The van der Waals surface area contributed by atoms with Crippen LogP contribution in [0.25, 0.3) is 0 Å². The Bertz CT molecular complexity index is 642. The lowest BCUT2D eigenvalue weighted by atomic mass is 9.98. The number of aryl methyl sites for hydroxylation is 1. The number of ether oxygens (including phenoxy) is 1. The zero-order chi connectivity index (χ0) is 14.1. The minimum atomic E-state index is -0.880. The first-order chi connectivity index (χ1) is 9.65. The Morgan fingerprint density at radius 3 is 2.55 bits per heavy atom. The highest BCUT2D eigenvalue weighted by Gasteiger charge is 2.17. The van der Waals surface area contributed by atoms with Gasteiger partial charge in [-0.15, -0.1) is 11.6 Å². The molecular weight excluding hydrogens is 282 g/mol. The van der Waals surface area contributed by atoms with Crippen LogP contribution in [0, 0.1) is 11.6 Å². The highest BCUT2D eigenvalue weighted by Crippen LogP contribution is 2.34. The number of halogens is 3. The van der Waals surface area contributed by atoms with Gasteiger partial charge in [0, 0.05) is 0 Å². The van der Waals surface area contributed by atoms with E-state index < -0.39 is 17.0 Å². The molecule has 20 heavy (non-hydrogen) atoms. The first-order valence-corrected chi connectivity index (χ1v) is 6.93.